The fraction of sp³-hybridized carbons (Fsp3) is 0.200. The summed E-state index contributed by atoms with van der Waals surface area (Å²) < 4.78 is 4.99. The van der Waals surface area contributed by atoms with Crippen LogP contribution in [0.4, 0.5) is 0 Å². The van der Waals surface area contributed by atoms with Gasteiger partial charge in [-0.3, -0.25) is 9.59 Å². The lowest BCUT2D eigenvalue weighted by Crippen LogP contribution is -2.31. The Balaban J connectivity index is 1.79. The monoisotopic (exact) mass is 304 g/mol. The lowest BCUT2D eigenvalue weighted by molar-refractivity contribution is -0.153. The predicted molar refractivity (Wildman–Crippen MR) is 85.6 cm³/mol. The van der Waals surface area contributed by atoms with Crippen LogP contribution in [0, 0.1) is 11.8 Å². The first kappa shape index (κ1) is 13.9. The molecule has 2 aromatic rings. The third-order valence-corrected chi connectivity index (χ3v) is 4.80. The Hall–Kier alpha value is -2.68. The number of esters is 2. The van der Waals surface area contributed by atoms with Crippen LogP contribution in [-0.4, -0.2) is 11.9 Å². The largest absolute Gasteiger partial charge is 0.393 e. The fourth-order valence-electron chi connectivity index (χ4n) is 3.73. The van der Waals surface area contributed by atoms with E-state index in [1.54, 1.807) is 0 Å². The number of ether oxygens (including phenoxy) is 1. The lowest BCUT2D eigenvalue weighted by atomic mass is 9.68. The third kappa shape index (κ3) is 2.29. The average molecular weight is 304 g/mol. The first-order valence-electron chi connectivity index (χ1n) is 7.79. The number of fused-ring (bicyclic) bond motifs is 1. The third-order valence-electron chi connectivity index (χ3n) is 4.80. The van der Waals surface area contributed by atoms with Crippen LogP contribution in [0.25, 0.3) is 0 Å². The van der Waals surface area contributed by atoms with Crippen molar-refractivity contribution in [3.63, 3.8) is 0 Å². The van der Waals surface area contributed by atoms with Gasteiger partial charge < -0.3 is 4.74 Å². The van der Waals surface area contributed by atoms with Crippen LogP contribution < -0.4 is 0 Å². The average Bonchev–Trinajstić information content (AvgIpc) is 2.91. The van der Waals surface area contributed by atoms with Crippen LogP contribution in [0.3, 0.4) is 0 Å². The highest BCUT2D eigenvalue weighted by Crippen LogP contribution is 2.48. The van der Waals surface area contributed by atoms with Gasteiger partial charge in [0.2, 0.25) is 0 Å². The fourth-order valence-corrected chi connectivity index (χ4v) is 3.73. The van der Waals surface area contributed by atoms with Crippen LogP contribution in [0.2, 0.25) is 0 Å². The molecule has 0 N–H and O–H groups in total. The molecule has 2 aliphatic rings. The molecule has 1 aliphatic heterocycles. The Morgan fingerprint density at radius 2 is 1.00 bits per heavy atom. The molecule has 23 heavy (non-hydrogen) atoms. The summed E-state index contributed by atoms with van der Waals surface area (Å²) in [4.78, 5) is 24.6. The highest BCUT2D eigenvalue weighted by molar-refractivity contribution is 5.98. The minimum atomic E-state index is -0.444. The van der Waals surface area contributed by atoms with Crippen molar-refractivity contribution in [2.24, 2.45) is 11.8 Å². The maximum atomic E-state index is 12.3. The van der Waals surface area contributed by atoms with Crippen LogP contribution in [0.15, 0.2) is 72.8 Å². The van der Waals surface area contributed by atoms with Crippen molar-refractivity contribution in [1.82, 2.24) is 0 Å². The summed E-state index contributed by atoms with van der Waals surface area (Å²) in [5.74, 6) is -1.92. The molecule has 0 saturated carbocycles. The molecular weight excluding hydrogens is 288 g/mol. The molecule has 0 aromatic heterocycles. The Morgan fingerprint density at radius 3 is 1.39 bits per heavy atom. The molecule has 4 unspecified atom stereocenters. The maximum absolute atomic E-state index is 12.3. The minimum Gasteiger partial charge on any atom is -0.393 e. The Morgan fingerprint density at radius 1 is 0.609 bits per heavy atom. The molecular formula is C20H16O3. The normalized spacial score (nSPS) is 29.2. The maximum Gasteiger partial charge on any atom is 0.318 e. The first-order valence-corrected chi connectivity index (χ1v) is 7.79. The standard InChI is InChI=1S/C20H16O3/c21-19-17-15(13-7-3-1-4-8-13)11-12-16(18(17)20(22)23-19)14-9-5-2-6-10-14/h1-12,15-18H. The van der Waals surface area contributed by atoms with E-state index >= 15 is 0 Å². The molecule has 2 aromatic carbocycles. The first-order chi connectivity index (χ1) is 11.3. The summed E-state index contributed by atoms with van der Waals surface area (Å²) in [7, 11) is 0. The Bertz CT molecular complexity index is 698. The van der Waals surface area contributed by atoms with Crippen molar-refractivity contribution in [2.75, 3.05) is 0 Å². The van der Waals surface area contributed by atoms with E-state index in [0.29, 0.717) is 0 Å². The molecule has 0 bridgehead atoms. The number of hydrogen-bond acceptors (Lipinski definition) is 3. The second-order valence-electron chi connectivity index (χ2n) is 6.05. The van der Waals surface area contributed by atoms with Gasteiger partial charge in [0.15, 0.2) is 0 Å². The van der Waals surface area contributed by atoms with Crippen LogP contribution >= 0.6 is 0 Å². The molecule has 1 aliphatic carbocycles. The number of carbonyl (C=O) groups is 2. The van der Waals surface area contributed by atoms with Crippen molar-refractivity contribution in [3.8, 4) is 0 Å². The van der Waals surface area contributed by atoms with Gasteiger partial charge in [-0.25, -0.2) is 0 Å². The zero-order valence-corrected chi connectivity index (χ0v) is 12.5. The van der Waals surface area contributed by atoms with E-state index in [1.807, 2.05) is 72.8 Å². The van der Waals surface area contributed by atoms with E-state index in [0.717, 1.165) is 11.1 Å². The lowest BCUT2D eigenvalue weighted by Gasteiger charge is -2.31. The Kier molecular flexibility index (Phi) is 3.34. The van der Waals surface area contributed by atoms with Gasteiger partial charge in [-0.15, -0.1) is 0 Å². The summed E-state index contributed by atoms with van der Waals surface area (Å²) in [6.45, 7) is 0. The van der Waals surface area contributed by atoms with Crippen molar-refractivity contribution in [1.29, 1.82) is 0 Å². The second-order valence-corrected chi connectivity index (χ2v) is 6.05. The Labute approximate surface area is 134 Å². The summed E-state index contributed by atoms with van der Waals surface area (Å²) >= 11 is 0. The van der Waals surface area contributed by atoms with E-state index in [9.17, 15) is 9.59 Å². The molecule has 0 spiro atoms. The predicted octanol–water partition coefficient (Wildman–Crippen LogP) is 3.44. The van der Waals surface area contributed by atoms with E-state index in [2.05, 4.69) is 0 Å². The van der Waals surface area contributed by atoms with E-state index in [4.69, 9.17) is 4.74 Å². The summed E-state index contributed by atoms with van der Waals surface area (Å²) in [5.41, 5.74) is 2.08. The van der Waals surface area contributed by atoms with Crippen molar-refractivity contribution in [3.05, 3.63) is 83.9 Å². The molecule has 1 heterocycles. The molecule has 1 saturated heterocycles. The van der Waals surface area contributed by atoms with Gasteiger partial charge in [-0.1, -0.05) is 72.8 Å². The summed E-state index contributed by atoms with van der Waals surface area (Å²) in [6, 6.07) is 19.6. The molecule has 0 radical (unpaired) electrons. The zero-order valence-electron chi connectivity index (χ0n) is 12.5. The van der Waals surface area contributed by atoms with Crippen molar-refractivity contribution in [2.45, 2.75) is 11.8 Å². The van der Waals surface area contributed by atoms with Gasteiger partial charge in [0.25, 0.3) is 0 Å². The molecule has 1 fully saturated rings. The SMILES string of the molecule is O=C1OC(=O)C2C(c3ccccc3)C=CC(c3ccccc3)C12. The number of cyclic esters (lactones) is 2. The van der Waals surface area contributed by atoms with E-state index < -0.39 is 23.8 Å². The minimum absolute atomic E-state index is 0.111. The molecule has 114 valence electrons. The number of rotatable bonds is 2. The topological polar surface area (TPSA) is 43.4 Å². The highest BCUT2D eigenvalue weighted by atomic mass is 16.6. The molecule has 3 nitrogen and oxygen atoms in total. The van der Waals surface area contributed by atoms with Crippen LogP contribution in [-0.2, 0) is 14.3 Å². The number of hydrogen-bond donors (Lipinski definition) is 0. The summed E-state index contributed by atoms with van der Waals surface area (Å²) in [5, 5.41) is 0. The smallest absolute Gasteiger partial charge is 0.318 e. The van der Waals surface area contributed by atoms with Gasteiger partial charge >= 0.3 is 11.9 Å². The second kappa shape index (κ2) is 5.51. The van der Waals surface area contributed by atoms with Gasteiger partial charge in [0.05, 0.1) is 11.8 Å². The van der Waals surface area contributed by atoms with Gasteiger partial charge in [0.1, 0.15) is 0 Å². The summed E-state index contributed by atoms with van der Waals surface area (Å²) in [6.07, 6.45) is 4.10. The van der Waals surface area contributed by atoms with Gasteiger partial charge in [-0.05, 0) is 11.1 Å². The number of benzene rings is 2. The van der Waals surface area contributed by atoms with Crippen molar-refractivity contribution >= 4 is 11.9 Å². The van der Waals surface area contributed by atoms with E-state index in [1.165, 1.54) is 0 Å². The highest BCUT2D eigenvalue weighted by Gasteiger charge is 2.53. The van der Waals surface area contributed by atoms with Crippen LogP contribution in [0.1, 0.15) is 23.0 Å². The molecule has 4 atom stereocenters. The molecule has 3 heteroatoms. The van der Waals surface area contributed by atoms with Gasteiger partial charge in [-0.2, -0.15) is 0 Å². The van der Waals surface area contributed by atoms with Crippen LogP contribution in [0.5, 0.6) is 0 Å². The van der Waals surface area contributed by atoms with Gasteiger partial charge in [0, 0.05) is 11.8 Å². The van der Waals surface area contributed by atoms with E-state index in [-0.39, 0.29) is 11.8 Å². The quantitative estimate of drug-likeness (QED) is 0.485. The number of carbonyl (C=O) groups excluding carboxylic acids is 2. The molecule has 4 rings (SSSR count). The molecule has 0 amide bonds. The van der Waals surface area contributed by atoms with Crippen molar-refractivity contribution < 1.29 is 14.3 Å². The zero-order chi connectivity index (χ0) is 15.8. The number of allylic oxidation sites excluding steroid dienone is 2.